The van der Waals surface area contributed by atoms with Gasteiger partial charge in [0.2, 0.25) is 10.0 Å². The minimum Gasteiger partial charge on any atom is -0.207 e. The number of fused-ring (bicyclic) bond motifs is 1. The average molecular weight is 304 g/mol. The Morgan fingerprint density at radius 2 is 1.71 bits per heavy atom. The Balaban J connectivity index is 1.90. The molecule has 1 aromatic carbocycles. The molecular formula is C16H20N2O2S. The zero-order valence-electron chi connectivity index (χ0n) is 12.0. The second kappa shape index (κ2) is 5.78. The summed E-state index contributed by atoms with van der Waals surface area (Å²) in [4.78, 5) is 0.313. The fraction of sp³-hybridized carbons (Fsp3) is 0.562. The molecular weight excluding hydrogens is 284 g/mol. The molecule has 1 aliphatic carbocycles. The van der Waals surface area contributed by atoms with Crippen LogP contribution in [0.4, 0.5) is 0 Å². The molecule has 2 aliphatic rings. The Kier molecular flexibility index (Phi) is 4.01. The highest BCUT2D eigenvalue weighted by Gasteiger charge is 2.39. The van der Waals surface area contributed by atoms with Crippen LogP contribution in [0.15, 0.2) is 29.2 Å². The Bertz CT molecular complexity index is 644. The highest BCUT2D eigenvalue weighted by Crippen LogP contribution is 2.37. The Morgan fingerprint density at radius 1 is 1.05 bits per heavy atom. The summed E-state index contributed by atoms with van der Waals surface area (Å²) < 4.78 is 27.5. The van der Waals surface area contributed by atoms with E-state index in [9.17, 15) is 8.42 Å². The van der Waals surface area contributed by atoms with E-state index in [-0.39, 0.29) is 6.04 Å². The molecule has 0 spiro atoms. The maximum Gasteiger partial charge on any atom is 0.243 e. The van der Waals surface area contributed by atoms with E-state index in [1.54, 1.807) is 28.6 Å². The molecule has 0 radical (unpaired) electrons. The van der Waals surface area contributed by atoms with Crippen molar-refractivity contribution < 1.29 is 8.42 Å². The minimum atomic E-state index is -3.43. The third-order valence-corrected chi connectivity index (χ3v) is 6.72. The Hall–Kier alpha value is -1.38. The van der Waals surface area contributed by atoms with E-state index in [1.807, 2.05) is 6.07 Å². The van der Waals surface area contributed by atoms with E-state index < -0.39 is 10.0 Å². The molecule has 21 heavy (non-hydrogen) atoms. The van der Waals surface area contributed by atoms with E-state index in [1.165, 1.54) is 6.42 Å². The molecule has 1 aromatic rings. The number of hydrogen-bond donors (Lipinski definition) is 0. The van der Waals surface area contributed by atoms with Crippen molar-refractivity contribution >= 4 is 10.0 Å². The van der Waals surface area contributed by atoms with Crippen molar-refractivity contribution in [2.45, 2.75) is 49.5 Å². The third-order valence-electron chi connectivity index (χ3n) is 4.78. The monoisotopic (exact) mass is 304 g/mol. The van der Waals surface area contributed by atoms with Crippen molar-refractivity contribution in [3.05, 3.63) is 29.8 Å². The zero-order chi connectivity index (χ0) is 14.9. The van der Waals surface area contributed by atoms with Crippen molar-refractivity contribution in [3.8, 4) is 6.07 Å². The van der Waals surface area contributed by atoms with Crippen molar-refractivity contribution in [2.24, 2.45) is 5.92 Å². The van der Waals surface area contributed by atoms with Gasteiger partial charge in [0.05, 0.1) is 16.5 Å². The maximum atomic E-state index is 12.9. The van der Waals surface area contributed by atoms with E-state index in [4.69, 9.17) is 5.26 Å². The predicted octanol–water partition coefficient (Wildman–Crippen LogP) is 2.90. The first kappa shape index (κ1) is 14.6. The van der Waals surface area contributed by atoms with Gasteiger partial charge in [-0.2, -0.15) is 9.57 Å². The number of benzene rings is 1. The van der Waals surface area contributed by atoms with E-state index in [0.29, 0.717) is 22.9 Å². The first-order valence-corrected chi connectivity index (χ1v) is 9.09. The number of nitriles is 1. The van der Waals surface area contributed by atoms with Gasteiger partial charge in [0.25, 0.3) is 0 Å². The smallest absolute Gasteiger partial charge is 0.207 e. The molecule has 1 heterocycles. The van der Waals surface area contributed by atoms with Crippen LogP contribution in [0, 0.1) is 17.2 Å². The molecule has 1 aliphatic heterocycles. The van der Waals surface area contributed by atoms with Gasteiger partial charge in [0.1, 0.15) is 0 Å². The largest absolute Gasteiger partial charge is 0.243 e. The summed E-state index contributed by atoms with van der Waals surface area (Å²) in [7, 11) is -3.43. The quantitative estimate of drug-likeness (QED) is 0.844. The number of nitrogens with zero attached hydrogens (tertiary/aromatic N) is 2. The lowest BCUT2D eigenvalue weighted by molar-refractivity contribution is 0.129. The van der Waals surface area contributed by atoms with Gasteiger partial charge in [-0.3, -0.25) is 0 Å². The van der Waals surface area contributed by atoms with Crippen LogP contribution in [0.5, 0.6) is 0 Å². The van der Waals surface area contributed by atoms with Gasteiger partial charge < -0.3 is 0 Å². The normalized spacial score (nSPS) is 26.8. The van der Waals surface area contributed by atoms with Crippen molar-refractivity contribution in [1.29, 1.82) is 5.26 Å². The standard InChI is InChI=1S/C16H20N2O2S/c17-12-13-7-9-15(10-8-13)21(19,20)18-11-3-5-14-4-1-2-6-16(14)18/h7-10,14,16H,1-6,11H2/t14-,16+/m1/s1. The van der Waals surface area contributed by atoms with Gasteiger partial charge in [-0.25, -0.2) is 8.42 Å². The van der Waals surface area contributed by atoms with Crippen LogP contribution in [-0.2, 0) is 10.0 Å². The molecule has 1 saturated heterocycles. The van der Waals surface area contributed by atoms with E-state index in [2.05, 4.69) is 0 Å². The first-order chi connectivity index (χ1) is 10.1. The summed E-state index contributed by atoms with van der Waals surface area (Å²) in [6.45, 7) is 0.628. The zero-order valence-corrected chi connectivity index (χ0v) is 12.8. The fourth-order valence-electron chi connectivity index (χ4n) is 3.71. The number of piperidine rings is 1. The fourth-order valence-corrected chi connectivity index (χ4v) is 5.47. The Labute approximate surface area is 126 Å². The lowest BCUT2D eigenvalue weighted by Gasteiger charge is -2.43. The lowest BCUT2D eigenvalue weighted by Crippen LogP contribution is -2.49. The van der Waals surface area contributed by atoms with Crippen LogP contribution < -0.4 is 0 Å². The highest BCUT2D eigenvalue weighted by molar-refractivity contribution is 7.89. The SMILES string of the molecule is N#Cc1ccc(S(=O)(=O)N2CCC[C@H]3CCCC[C@@H]32)cc1. The van der Waals surface area contributed by atoms with Crippen molar-refractivity contribution in [1.82, 2.24) is 4.31 Å². The summed E-state index contributed by atoms with van der Waals surface area (Å²) in [5, 5.41) is 8.82. The van der Waals surface area contributed by atoms with Crippen molar-refractivity contribution in [3.63, 3.8) is 0 Å². The minimum absolute atomic E-state index is 0.174. The van der Waals surface area contributed by atoms with Crippen LogP contribution >= 0.6 is 0 Å². The van der Waals surface area contributed by atoms with Crippen LogP contribution in [0.3, 0.4) is 0 Å². The molecule has 4 nitrogen and oxygen atoms in total. The van der Waals surface area contributed by atoms with Crippen LogP contribution in [0.25, 0.3) is 0 Å². The molecule has 0 amide bonds. The number of sulfonamides is 1. The van der Waals surface area contributed by atoms with Gasteiger partial charge >= 0.3 is 0 Å². The molecule has 2 atom stereocenters. The lowest BCUT2D eigenvalue weighted by atomic mass is 9.79. The van der Waals surface area contributed by atoms with Gasteiger partial charge in [-0.05, 0) is 55.9 Å². The molecule has 2 fully saturated rings. The molecule has 1 saturated carbocycles. The summed E-state index contributed by atoms with van der Waals surface area (Å²) in [6.07, 6.45) is 6.61. The number of hydrogen-bond acceptors (Lipinski definition) is 3. The molecule has 5 heteroatoms. The van der Waals surface area contributed by atoms with Crippen LogP contribution in [0.2, 0.25) is 0 Å². The summed E-state index contributed by atoms with van der Waals surface area (Å²) in [6, 6.07) is 8.47. The summed E-state index contributed by atoms with van der Waals surface area (Å²) in [5.41, 5.74) is 0.489. The highest BCUT2D eigenvalue weighted by atomic mass is 32.2. The molecule has 112 valence electrons. The van der Waals surface area contributed by atoms with Gasteiger partial charge in [0, 0.05) is 12.6 Å². The van der Waals surface area contributed by atoms with Crippen LogP contribution in [-0.4, -0.2) is 25.3 Å². The topological polar surface area (TPSA) is 61.2 Å². The summed E-state index contributed by atoms with van der Waals surface area (Å²) in [5.74, 6) is 0.528. The molecule has 0 N–H and O–H groups in total. The maximum absolute atomic E-state index is 12.9. The average Bonchev–Trinajstić information content (AvgIpc) is 2.54. The van der Waals surface area contributed by atoms with Gasteiger partial charge in [-0.15, -0.1) is 0 Å². The first-order valence-electron chi connectivity index (χ1n) is 7.65. The van der Waals surface area contributed by atoms with E-state index >= 15 is 0 Å². The van der Waals surface area contributed by atoms with Gasteiger partial charge in [0.15, 0.2) is 0 Å². The Morgan fingerprint density at radius 3 is 2.43 bits per heavy atom. The molecule has 3 rings (SSSR count). The van der Waals surface area contributed by atoms with Gasteiger partial charge in [-0.1, -0.05) is 12.8 Å². The third kappa shape index (κ3) is 2.70. The second-order valence-electron chi connectivity index (χ2n) is 6.01. The molecule has 0 unspecified atom stereocenters. The van der Waals surface area contributed by atoms with E-state index in [0.717, 1.165) is 32.1 Å². The summed E-state index contributed by atoms with van der Waals surface area (Å²) >= 11 is 0. The second-order valence-corrected chi connectivity index (χ2v) is 7.90. The van der Waals surface area contributed by atoms with Crippen molar-refractivity contribution in [2.75, 3.05) is 6.54 Å². The predicted molar refractivity (Wildman–Crippen MR) is 80.0 cm³/mol. The molecule has 0 aromatic heterocycles. The molecule has 0 bridgehead atoms. The van der Waals surface area contributed by atoms with Crippen LogP contribution in [0.1, 0.15) is 44.1 Å². The number of rotatable bonds is 2.